The SMILES string of the molecule is CCC(Br)CCCC1CCOc2ccccc21. The Kier molecular flexibility index (Phi) is 4.90. The lowest BCUT2D eigenvalue weighted by Crippen LogP contribution is -2.14. The highest BCUT2D eigenvalue weighted by molar-refractivity contribution is 9.09. The Balaban J connectivity index is 1.90. The zero-order chi connectivity index (χ0) is 12.1. The van der Waals surface area contributed by atoms with Gasteiger partial charge in [-0.3, -0.25) is 0 Å². The van der Waals surface area contributed by atoms with Crippen LogP contribution in [0, 0.1) is 0 Å². The molecule has 0 saturated carbocycles. The Bertz CT molecular complexity index is 351. The van der Waals surface area contributed by atoms with Crippen LogP contribution in [-0.2, 0) is 0 Å². The standard InChI is InChI=1S/C15H21BrO/c1-2-13(16)7-5-6-12-10-11-17-15-9-4-3-8-14(12)15/h3-4,8-9,12-13H,2,5-7,10-11H2,1H3. The molecule has 1 nitrogen and oxygen atoms in total. The van der Waals surface area contributed by atoms with Gasteiger partial charge in [-0.2, -0.15) is 0 Å². The number of rotatable bonds is 5. The van der Waals surface area contributed by atoms with Crippen molar-refractivity contribution in [2.24, 2.45) is 0 Å². The largest absolute Gasteiger partial charge is 0.493 e. The predicted molar refractivity (Wildman–Crippen MR) is 76.2 cm³/mol. The van der Waals surface area contributed by atoms with Gasteiger partial charge in [0.25, 0.3) is 0 Å². The summed E-state index contributed by atoms with van der Waals surface area (Å²) in [5, 5.41) is 0. The minimum Gasteiger partial charge on any atom is -0.493 e. The maximum Gasteiger partial charge on any atom is 0.122 e. The molecule has 0 bridgehead atoms. The van der Waals surface area contributed by atoms with E-state index in [1.165, 1.54) is 37.7 Å². The number of ether oxygens (including phenoxy) is 1. The normalized spacial score (nSPS) is 20.5. The second-order valence-corrected chi connectivity index (χ2v) is 6.10. The molecule has 1 aromatic rings. The minimum absolute atomic E-state index is 0.692. The molecule has 1 heterocycles. The number of halogens is 1. The number of hydrogen-bond acceptors (Lipinski definition) is 1. The average molecular weight is 297 g/mol. The molecule has 0 saturated heterocycles. The highest BCUT2D eigenvalue weighted by Gasteiger charge is 2.20. The van der Waals surface area contributed by atoms with Crippen LogP contribution >= 0.6 is 15.9 Å². The molecule has 1 aliphatic rings. The maximum absolute atomic E-state index is 5.69. The van der Waals surface area contributed by atoms with Crippen molar-refractivity contribution in [3.8, 4) is 5.75 Å². The summed E-state index contributed by atoms with van der Waals surface area (Å²) in [6.07, 6.45) is 6.29. The van der Waals surface area contributed by atoms with Gasteiger partial charge in [-0.15, -0.1) is 0 Å². The highest BCUT2D eigenvalue weighted by atomic mass is 79.9. The molecule has 94 valence electrons. The van der Waals surface area contributed by atoms with Crippen molar-refractivity contribution in [2.75, 3.05) is 6.61 Å². The van der Waals surface area contributed by atoms with Crippen LogP contribution in [0.2, 0.25) is 0 Å². The Morgan fingerprint density at radius 3 is 3.06 bits per heavy atom. The Morgan fingerprint density at radius 2 is 2.24 bits per heavy atom. The van der Waals surface area contributed by atoms with Crippen molar-refractivity contribution in [3.05, 3.63) is 29.8 Å². The third-order valence-electron chi connectivity index (χ3n) is 3.60. The molecular weight excluding hydrogens is 276 g/mol. The molecule has 0 N–H and O–H groups in total. The summed E-state index contributed by atoms with van der Waals surface area (Å²) in [5.74, 6) is 1.81. The van der Waals surface area contributed by atoms with Crippen LogP contribution in [0.4, 0.5) is 0 Å². The summed E-state index contributed by atoms with van der Waals surface area (Å²) < 4.78 is 5.69. The van der Waals surface area contributed by atoms with Crippen LogP contribution in [0.25, 0.3) is 0 Å². The number of para-hydroxylation sites is 1. The Hall–Kier alpha value is -0.500. The lowest BCUT2D eigenvalue weighted by Gasteiger charge is -2.26. The fourth-order valence-electron chi connectivity index (χ4n) is 2.51. The fraction of sp³-hybridized carbons (Fsp3) is 0.600. The Morgan fingerprint density at radius 1 is 1.41 bits per heavy atom. The molecule has 1 aromatic carbocycles. The molecule has 17 heavy (non-hydrogen) atoms. The van der Waals surface area contributed by atoms with E-state index in [1.807, 2.05) is 0 Å². The second kappa shape index (κ2) is 6.44. The summed E-state index contributed by atoms with van der Waals surface area (Å²) in [6.45, 7) is 3.12. The first-order valence-electron chi connectivity index (χ1n) is 6.67. The van der Waals surface area contributed by atoms with Crippen LogP contribution in [0.3, 0.4) is 0 Å². The first-order chi connectivity index (χ1) is 8.31. The molecule has 0 radical (unpaired) electrons. The molecule has 2 atom stereocenters. The minimum atomic E-state index is 0.692. The first kappa shape index (κ1) is 12.9. The van der Waals surface area contributed by atoms with Gasteiger partial charge in [0.15, 0.2) is 0 Å². The number of hydrogen-bond donors (Lipinski definition) is 0. The van der Waals surface area contributed by atoms with Crippen molar-refractivity contribution in [1.82, 2.24) is 0 Å². The van der Waals surface area contributed by atoms with Gasteiger partial charge in [0.05, 0.1) is 6.61 Å². The van der Waals surface area contributed by atoms with Crippen molar-refractivity contribution in [2.45, 2.75) is 49.8 Å². The number of alkyl halides is 1. The average Bonchev–Trinajstić information content (AvgIpc) is 2.39. The lowest BCUT2D eigenvalue weighted by atomic mass is 9.88. The van der Waals surface area contributed by atoms with E-state index in [0.29, 0.717) is 10.7 Å². The van der Waals surface area contributed by atoms with Gasteiger partial charge in [-0.1, -0.05) is 47.5 Å². The van der Waals surface area contributed by atoms with Crippen LogP contribution < -0.4 is 4.74 Å². The van der Waals surface area contributed by atoms with E-state index in [9.17, 15) is 0 Å². The molecule has 0 aliphatic carbocycles. The quantitative estimate of drug-likeness (QED) is 0.703. The van der Waals surface area contributed by atoms with Crippen molar-refractivity contribution in [3.63, 3.8) is 0 Å². The topological polar surface area (TPSA) is 9.23 Å². The van der Waals surface area contributed by atoms with Gasteiger partial charge in [-0.25, -0.2) is 0 Å². The molecule has 0 spiro atoms. The number of benzene rings is 1. The third kappa shape index (κ3) is 3.48. The smallest absolute Gasteiger partial charge is 0.122 e. The molecule has 2 heteroatoms. The van der Waals surface area contributed by atoms with E-state index in [-0.39, 0.29) is 0 Å². The van der Waals surface area contributed by atoms with Crippen LogP contribution in [-0.4, -0.2) is 11.4 Å². The highest BCUT2D eigenvalue weighted by Crippen LogP contribution is 2.36. The summed E-state index contributed by atoms with van der Waals surface area (Å²) in [6, 6.07) is 8.51. The van der Waals surface area contributed by atoms with Gasteiger partial charge in [0.1, 0.15) is 5.75 Å². The fourth-order valence-corrected chi connectivity index (χ4v) is 2.83. The zero-order valence-electron chi connectivity index (χ0n) is 10.5. The van der Waals surface area contributed by atoms with E-state index in [0.717, 1.165) is 12.4 Å². The van der Waals surface area contributed by atoms with Crippen LogP contribution in [0.15, 0.2) is 24.3 Å². The molecule has 2 rings (SSSR count). The van der Waals surface area contributed by atoms with E-state index in [4.69, 9.17) is 4.74 Å². The van der Waals surface area contributed by atoms with Crippen molar-refractivity contribution >= 4 is 15.9 Å². The molecule has 0 aromatic heterocycles. The first-order valence-corrected chi connectivity index (χ1v) is 7.58. The van der Waals surface area contributed by atoms with Crippen LogP contribution in [0.5, 0.6) is 5.75 Å². The summed E-state index contributed by atoms with van der Waals surface area (Å²) in [5.41, 5.74) is 1.42. The third-order valence-corrected chi connectivity index (χ3v) is 4.70. The van der Waals surface area contributed by atoms with E-state index >= 15 is 0 Å². The molecule has 2 unspecified atom stereocenters. The summed E-state index contributed by atoms with van der Waals surface area (Å²) >= 11 is 3.71. The van der Waals surface area contributed by atoms with Gasteiger partial charge < -0.3 is 4.74 Å². The molecule has 1 aliphatic heterocycles. The van der Waals surface area contributed by atoms with E-state index in [1.54, 1.807) is 0 Å². The monoisotopic (exact) mass is 296 g/mol. The van der Waals surface area contributed by atoms with Gasteiger partial charge in [0, 0.05) is 4.83 Å². The van der Waals surface area contributed by atoms with Crippen molar-refractivity contribution < 1.29 is 4.74 Å². The molecule has 0 amide bonds. The molecular formula is C15H21BrO. The number of fused-ring (bicyclic) bond motifs is 1. The van der Waals surface area contributed by atoms with E-state index in [2.05, 4.69) is 47.1 Å². The second-order valence-electron chi connectivity index (χ2n) is 4.81. The van der Waals surface area contributed by atoms with Gasteiger partial charge in [-0.05, 0) is 43.2 Å². The predicted octanol–water partition coefficient (Wildman–Crippen LogP) is 4.90. The van der Waals surface area contributed by atoms with Crippen molar-refractivity contribution in [1.29, 1.82) is 0 Å². The Labute approximate surface area is 113 Å². The van der Waals surface area contributed by atoms with Crippen LogP contribution in [0.1, 0.15) is 50.5 Å². The summed E-state index contributed by atoms with van der Waals surface area (Å²) in [7, 11) is 0. The zero-order valence-corrected chi connectivity index (χ0v) is 12.1. The van der Waals surface area contributed by atoms with Gasteiger partial charge in [0.2, 0.25) is 0 Å². The summed E-state index contributed by atoms with van der Waals surface area (Å²) in [4.78, 5) is 0.692. The maximum atomic E-state index is 5.69. The molecule has 0 fully saturated rings. The van der Waals surface area contributed by atoms with Gasteiger partial charge >= 0.3 is 0 Å². The lowest BCUT2D eigenvalue weighted by molar-refractivity contribution is 0.261. The van der Waals surface area contributed by atoms with E-state index < -0.39 is 0 Å².